The molecule has 2 aromatic rings. The molecule has 1 aromatic carbocycles. The number of hydrogen-bond acceptors (Lipinski definition) is 3. The van der Waals surface area contributed by atoms with Crippen molar-refractivity contribution < 1.29 is 9.13 Å². The molecule has 0 unspecified atom stereocenters. The van der Waals surface area contributed by atoms with Gasteiger partial charge in [0.15, 0.2) is 0 Å². The van der Waals surface area contributed by atoms with E-state index in [9.17, 15) is 4.39 Å². The van der Waals surface area contributed by atoms with Crippen LogP contribution in [0.5, 0.6) is 5.75 Å². The molecule has 20 heavy (non-hydrogen) atoms. The van der Waals surface area contributed by atoms with Crippen LogP contribution in [0.15, 0.2) is 36.7 Å². The van der Waals surface area contributed by atoms with Crippen molar-refractivity contribution in [1.82, 2.24) is 4.98 Å². The molecule has 106 valence electrons. The molecule has 5 heteroatoms. The third-order valence-corrected chi connectivity index (χ3v) is 3.39. The number of aromatic nitrogens is 1. The summed E-state index contributed by atoms with van der Waals surface area (Å²) in [5, 5.41) is 0. The Labute approximate surface area is 123 Å². The molecule has 0 fully saturated rings. The average Bonchev–Trinajstić information content (AvgIpc) is 2.47. The summed E-state index contributed by atoms with van der Waals surface area (Å²) in [6.07, 6.45) is 5.04. The molecule has 2 heterocycles. The Kier molecular flexibility index (Phi) is 4.57. The molecule has 3 rings (SSSR count). The second-order valence-corrected chi connectivity index (χ2v) is 4.70. The highest BCUT2D eigenvalue weighted by molar-refractivity contribution is 5.85. The van der Waals surface area contributed by atoms with Crippen LogP contribution in [0, 0.1) is 5.82 Å². The first-order valence-electron chi connectivity index (χ1n) is 6.37. The van der Waals surface area contributed by atoms with Gasteiger partial charge in [-0.3, -0.25) is 4.98 Å². The summed E-state index contributed by atoms with van der Waals surface area (Å²) in [5.74, 6) is 0.503. The summed E-state index contributed by atoms with van der Waals surface area (Å²) in [6, 6.07) is 6.77. The van der Waals surface area contributed by atoms with Crippen molar-refractivity contribution in [3.63, 3.8) is 0 Å². The van der Waals surface area contributed by atoms with Crippen LogP contribution < -0.4 is 10.5 Å². The van der Waals surface area contributed by atoms with Crippen LogP contribution in [0.2, 0.25) is 0 Å². The van der Waals surface area contributed by atoms with E-state index < -0.39 is 0 Å². The van der Waals surface area contributed by atoms with Gasteiger partial charge in [0.1, 0.15) is 17.7 Å². The molecule has 1 aliphatic heterocycles. The third-order valence-electron chi connectivity index (χ3n) is 3.39. The number of nitrogens with zero attached hydrogens (tertiary/aromatic N) is 1. The Bertz CT molecular complexity index is 592. The number of aryl methyl sites for hydroxylation is 1. The molecule has 1 aromatic heterocycles. The highest BCUT2D eigenvalue weighted by atomic mass is 35.5. The quantitative estimate of drug-likeness (QED) is 0.926. The average molecular weight is 295 g/mol. The van der Waals surface area contributed by atoms with Crippen LogP contribution in [0.1, 0.15) is 12.0 Å². The number of halogens is 2. The Morgan fingerprint density at radius 2 is 2.25 bits per heavy atom. The van der Waals surface area contributed by atoms with Crippen molar-refractivity contribution in [1.29, 1.82) is 0 Å². The highest BCUT2D eigenvalue weighted by Crippen LogP contribution is 2.38. The van der Waals surface area contributed by atoms with Crippen molar-refractivity contribution in [2.45, 2.75) is 18.9 Å². The zero-order valence-electron chi connectivity index (χ0n) is 10.9. The first-order valence-corrected chi connectivity index (χ1v) is 6.37. The highest BCUT2D eigenvalue weighted by Gasteiger charge is 2.23. The molecule has 0 radical (unpaired) electrons. The van der Waals surface area contributed by atoms with E-state index >= 15 is 0 Å². The number of fused-ring (bicyclic) bond motifs is 1. The molecule has 3 nitrogen and oxygen atoms in total. The summed E-state index contributed by atoms with van der Waals surface area (Å²) in [4.78, 5) is 4.08. The van der Waals surface area contributed by atoms with Crippen molar-refractivity contribution in [2.24, 2.45) is 5.73 Å². The summed E-state index contributed by atoms with van der Waals surface area (Å²) < 4.78 is 19.6. The maximum absolute atomic E-state index is 13.7. The van der Waals surface area contributed by atoms with E-state index in [2.05, 4.69) is 4.98 Å². The number of rotatable bonds is 2. The molecule has 0 bridgehead atoms. The summed E-state index contributed by atoms with van der Waals surface area (Å²) >= 11 is 0. The topological polar surface area (TPSA) is 48.1 Å². The Morgan fingerprint density at radius 1 is 1.40 bits per heavy atom. The third kappa shape index (κ3) is 2.76. The minimum Gasteiger partial charge on any atom is -0.488 e. The van der Waals surface area contributed by atoms with Crippen molar-refractivity contribution in [3.05, 3.63) is 48.0 Å². The zero-order valence-corrected chi connectivity index (χ0v) is 11.7. The van der Waals surface area contributed by atoms with Gasteiger partial charge < -0.3 is 10.5 Å². The van der Waals surface area contributed by atoms with Crippen molar-refractivity contribution in [2.75, 3.05) is 6.54 Å². The molecule has 1 atom stereocenters. The lowest BCUT2D eigenvalue weighted by Gasteiger charge is -2.27. The van der Waals surface area contributed by atoms with E-state index in [1.807, 2.05) is 12.1 Å². The predicted molar refractivity (Wildman–Crippen MR) is 78.7 cm³/mol. The van der Waals surface area contributed by atoms with Gasteiger partial charge in [0.05, 0.1) is 0 Å². The molecular formula is C15H16ClFN2O. The van der Waals surface area contributed by atoms with Crippen molar-refractivity contribution >= 4 is 12.4 Å². The number of hydrogen-bond donors (Lipinski definition) is 1. The molecule has 0 spiro atoms. The number of benzene rings is 1. The molecule has 0 aliphatic carbocycles. The van der Waals surface area contributed by atoms with Crippen LogP contribution in [-0.2, 0) is 6.42 Å². The lowest BCUT2D eigenvalue weighted by atomic mass is 9.96. The second kappa shape index (κ2) is 6.20. The smallest absolute Gasteiger partial charge is 0.131 e. The van der Waals surface area contributed by atoms with Gasteiger partial charge >= 0.3 is 0 Å². The van der Waals surface area contributed by atoms with Crippen LogP contribution in [0.25, 0.3) is 11.1 Å². The van der Waals surface area contributed by atoms with Crippen LogP contribution in [0.3, 0.4) is 0 Å². The summed E-state index contributed by atoms with van der Waals surface area (Å²) in [6.45, 7) is 0.475. The van der Waals surface area contributed by atoms with Gasteiger partial charge in [-0.05, 0) is 36.6 Å². The van der Waals surface area contributed by atoms with Crippen molar-refractivity contribution in [3.8, 4) is 16.9 Å². The van der Waals surface area contributed by atoms with E-state index in [-0.39, 0.29) is 24.3 Å². The molecule has 0 saturated carbocycles. The van der Waals surface area contributed by atoms with Crippen LogP contribution >= 0.6 is 12.4 Å². The second-order valence-electron chi connectivity index (χ2n) is 4.70. The largest absolute Gasteiger partial charge is 0.488 e. The minimum atomic E-state index is -0.243. The van der Waals surface area contributed by atoms with Gasteiger partial charge in [-0.1, -0.05) is 6.07 Å². The van der Waals surface area contributed by atoms with Gasteiger partial charge in [0.2, 0.25) is 0 Å². The maximum Gasteiger partial charge on any atom is 0.131 e. The first kappa shape index (κ1) is 14.8. The number of nitrogens with two attached hydrogens (primary N) is 1. The lowest BCUT2D eigenvalue weighted by Crippen LogP contribution is -2.30. The van der Waals surface area contributed by atoms with E-state index in [4.69, 9.17) is 10.5 Å². The fourth-order valence-electron chi connectivity index (χ4n) is 2.42. The van der Waals surface area contributed by atoms with Gasteiger partial charge in [0, 0.05) is 30.1 Å². The molecule has 2 N–H and O–H groups in total. The Hall–Kier alpha value is -1.65. The number of ether oxygens (including phenoxy) is 1. The fourth-order valence-corrected chi connectivity index (χ4v) is 2.42. The SMILES string of the molecule is Cl.NC[C@@H]1CCc2cc(F)cc(-c3cccnc3)c2O1. The summed E-state index contributed by atoms with van der Waals surface area (Å²) in [7, 11) is 0. The first-order chi connectivity index (χ1) is 9.28. The molecule has 1 aliphatic rings. The molecular weight excluding hydrogens is 279 g/mol. The number of pyridine rings is 1. The fraction of sp³-hybridized carbons (Fsp3) is 0.267. The van der Waals surface area contributed by atoms with Crippen LogP contribution in [-0.4, -0.2) is 17.6 Å². The van der Waals surface area contributed by atoms with Gasteiger partial charge in [-0.25, -0.2) is 4.39 Å². The minimum absolute atomic E-state index is 0. The standard InChI is InChI=1S/C15H15FN2O.ClH/c16-12-6-10-3-4-13(8-17)19-15(10)14(7-12)11-2-1-5-18-9-11;/h1-2,5-7,9,13H,3-4,8,17H2;1H/t13-;/m0./s1. The zero-order chi connectivity index (χ0) is 13.2. The van der Waals surface area contributed by atoms with Gasteiger partial charge in [-0.15, -0.1) is 12.4 Å². The Balaban J connectivity index is 0.00000147. The normalized spacial score (nSPS) is 16.8. The van der Waals surface area contributed by atoms with Gasteiger partial charge in [-0.2, -0.15) is 0 Å². The predicted octanol–water partition coefficient (Wildman–Crippen LogP) is 2.96. The Morgan fingerprint density at radius 3 is 2.95 bits per heavy atom. The van der Waals surface area contributed by atoms with E-state index in [1.165, 1.54) is 6.07 Å². The maximum atomic E-state index is 13.7. The van der Waals surface area contributed by atoms with Crippen LogP contribution in [0.4, 0.5) is 4.39 Å². The van der Waals surface area contributed by atoms with E-state index in [1.54, 1.807) is 18.5 Å². The molecule has 0 saturated heterocycles. The summed E-state index contributed by atoms with van der Waals surface area (Å²) in [5.41, 5.74) is 8.18. The van der Waals surface area contributed by atoms with E-state index in [0.29, 0.717) is 6.54 Å². The van der Waals surface area contributed by atoms with E-state index in [0.717, 1.165) is 35.3 Å². The monoisotopic (exact) mass is 294 g/mol. The lowest BCUT2D eigenvalue weighted by molar-refractivity contribution is 0.182. The van der Waals surface area contributed by atoms with Gasteiger partial charge in [0.25, 0.3) is 0 Å². The molecule has 0 amide bonds.